The van der Waals surface area contributed by atoms with E-state index in [-0.39, 0.29) is 44.1 Å². The largest absolute Gasteiger partial charge is 0.465 e. The number of hydrogen-bond acceptors (Lipinski definition) is 10. The van der Waals surface area contributed by atoms with Gasteiger partial charge < -0.3 is 30.7 Å². The lowest BCUT2D eigenvalue weighted by molar-refractivity contribution is -0.220. The van der Waals surface area contributed by atoms with Gasteiger partial charge in [0.15, 0.2) is 18.1 Å². The zero-order chi connectivity index (χ0) is 42.3. The minimum atomic E-state index is -2.11. The van der Waals surface area contributed by atoms with Crippen LogP contribution in [0.4, 0.5) is 10.1 Å². The van der Waals surface area contributed by atoms with Crippen molar-refractivity contribution in [1.29, 1.82) is 0 Å². The zero-order valence-electron chi connectivity index (χ0n) is 33.7. The van der Waals surface area contributed by atoms with Crippen LogP contribution in [0, 0.1) is 28.6 Å². The third-order valence-corrected chi connectivity index (χ3v) is 14.2. The third-order valence-electron chi connectivity index (χ3n) is 14.2. The number of nitrogens with two attached hydrogens (primary N) is 1. The van der Waals surface area contributed by atoms with Crippen LogP contribution in [0.2, 0.25) is 0 Å². The number of fused-ring (bicyclic) bond motifs is 6. The molecule has 5 N–H and O–H groups in total. The van der Waals surface area contributed by atoms with Crippen molar-refractivity contribution in [2.24, 2.45) is 34.3 Å². The zero-order valence-corrected chi connectivity index (χ0v) is 33.7. The normalized spacial score (nSPS) is 31.3. The van der Waals surface area contributed by atoms with Gasteiger partial charge in [0.25, 0.3) is 0 Å². The summed E-state index contributed by atoms with van der Waals surface area (Å²) in [4.78, 5) is 64.2. The van der Waals surface area contributed by atoms with Crippen molar-refractivity contribution in [3.05, 3.63) is 102 Å². The number of alkyl halides is 1. The molecular formula is C47H53FN2O9. The summed E-state index contributed by atoms with van der Waals surface area (Å²) in [6.45, 7) is 4.57. The number of rotatable bonds is 13. The number of carbonyl (C=O) groups excluding carboxylic acids is 5. The Morgan fingerprint density at radius 3 is 2.37 bits per heavy atom. The number of amides is 1. The first-order valence-electron chi connectivity index (χ1n) is 20.5. The minimum Gasteiger partial charge on any atom is -0.465 e. The van der Waals surface area contributed by atoms with Gasteiger partial charge in [-0.3, -0.25) is 24.0 Å². The van der Waals surface area contributed by atoms with Crippen LogP contribution in [0.25, 0.3) is 10.8 Å². The number of carbonyl (C=O) groups is 5. The Hall–Kier alpha value is -5.04. The van der Waals surface area contributed by atoms with Crippen LogP contribution >= 0.6 is 0 Å². The van der Waals surface area contributed by atoms with Crippen LogP contribution in [-0.4, -0.2) is 76.8 Å². The van der Waals surface area contributed by atoms with Gasteiger partial charge in [-0.05, 0) is 90.6 Å². The molecule has 59 heavy (non-hydrogen) atoms. The van der Waals surface area contributed by atoms with Gasteiger partial charge in [-0.25, -0.2) is 4.39 Å². The molecule has 3 saturated carbocycles. The highest BCUT2D eigenvalue weighted by Gasteiger charge is 2.75. The molecule has 312 valence electrons. The molecule has 0 saturated heterocycles. The van der Waals surface area contributed by atoms with Gasteiger partial charge in [0.05, 0.1) is 31.5 Å². The Kier molecular flexibility index (Phi) is 11.6. The molecule has 4 aliphatic rings. The van der Waals surface area contributed by atoms with Crippen molar-refractivity contribution in [2.75, 3.05) is 25.1 Å². The van der Waals surface area contributed by atoms with Gasteiger partial charge in [-0.15, -0.1) is 0 Å². The molecule has 0 heterocycles. The van der Waals surface area contributed by atoms with E-state index >= 15 is 4.39 Å². The lowest BCUT2D eigenvalue weighted by Gasteiger charge is -2.62. The summed E-state index contributed by atoms with van der Waals surface area (Å²) >= 11 is 0. The van der Waals surface area contributed by atoms with E-state index in [0.29, 0.717) is 36.9 Å². The summed E-state index contributed by atoms with van der Waals surface area (Å²) in [5.41, 5.74) is 2.42. The Morgan fingerprint density at radius 1 is 0.966 bits per heavy atom. The first-order valence-corrected chi connectivity index (χ1v) is 20.5. The van der Waals surface area contributed by atoms with Crippen molar-refractivity contribution in [3.63, 3.8) is 0 Å². The summed E-state index contributed by atoms with van der Waals surface area (Å²) in [5, 5.41) is 28.7. The van der Waals surface area contributed by atoms with Gasteiger partial charge in [0.1, 0.15) is 5.60 Å². The molecule has 11 nitrogen and oxygen atoms in total. The highest BCUT2D eigenvalue weighted by atomic mass is 19.1. The maximum Gasteiger partial charge on any atom is 0.306 e. The minimum absolute atomic E-state index is 0.0529. The number of nitrogens with one attached hydrogen (secondary N) is 1. The topological polar surface area (TPSA) is 182 Å². The lowest BCUT2D eigenvalue weighted by atomic mass is 9.44. The van der Waals surface area contributed by atoms with Crippen LogP contribution in [-0.2, 0) is 39.9 Å². The number of ketones is 2. The van der Waals surface area contributed by atoms with Gasteiger partial charge in [-0.1, -0.05) is 80.1 Å². The smallest absolute Gasteiger partial charge is 0.306 e. The van der Waals surface area contributed by atoms with Crippen molar-refractivity contribution in [1.82, 2.24) is 0 Å². The molecule has 0 bridgehead atoms. The standard InChI is InChI=1S/C47H53FN2O9/c1-28-22-38-37-15-13-33-24-35(51)18-20-44(33,2)46(37,48)39(52)25-45(38,3)47(28,57)40(53)27-59-42(55)17-16-41(54)58-21-19-29-8-10-31(11-9-29)36(26-49)43(56)50-34-14-12-30-6-4-5-7-32(30)23-34/h4-12,14,18,20,23-24,28,36-39,52,57H,13,15-17,19,21-22,25-27,49H2,1-3H3,(H,50,56)/t28-,36-,37+,38+,39+,44+,45+,46+,47+/m1/s1. The van der Waals surface area contributed by atoms with Crippen molar-refractivity contribution < 1.29 is 48.0 Å². The van der Waals surface area contributed by atoms with Gasteiger partial charge >= 0.3 is 11.9 Å². The van der Waals surface area contributed by atoms with E-state index < -0.39 is 76.2 Å². The van der Waals surface area contributed by atoms with Crippen LogP contribution in [0.5, 0.6) is 0 Å². The van der Waals surface area contributed by atoms with E-state index in [1.54, 1.807) is 26.8 Å². The molecule has 3 fully saturated rings. The molecule has 1 amide bonds. The Balaban J connectivity index is 0.866. The first kappa shape index (κ1) is 42.1. The van der Waals surface area contributed by atoms with E-state index in [0.717, 1.165) is 21.9 Å². The van der Waals surface area contributed by atoms with E-state index in [9.17, 15) is 34.2 Å². The molecule has 9 atom stereocenters. The number of hydrogen-bond donors (Lipinski definition) is 4. The second-order valence-corrected chi connectivity index (χ2v) is 17.3. The SMILES string of the molecule is C[C@@H]1C[C@H]2[C@@H]3CCC4=CC(=O)C=C[C@]4(C)[C@@]3(F)[C@@H](O)C[C@]2(C)[C@@]1(O)C(=O)COC(=O)CCC(=O)OCCc1ccc([C@@H](CN)C(=O)Nc2ccc3ccccc3c2)cc1. The van der Waals surface area contributed by atoms with E-state index in [2.05, 4.69) is 5.32 Å². The highest BCUT2D eigenvalue weighted by molar-refractivity contribution is 6.01. The maximum absolute atomic E-state index is 17.4. The predicted octanol–water partition coefficient (Wildman–Crippen LogP) is 5.85. The summed E-state index contributed by atoms with van der Waals surface area (Å²) in [6.07, 6.45) is 3.57. The molecule has 0 aliphatic heterocycles. The molecule has 12 heteroatoms. The predicted molar refractivity (Wildman–Crippen MR) is 219 cm³/mol. The number of Topliss-reactive ketones (excluding diaryl/α,β-unsaturated/α-hetero) is 1. The number of ether oxygens (including phenoxy) is 2. The molecule has 3 aromatic carbocycles. The van der Waals surface area contributed by atoms with Crippen LogP contribution in [0.15, 0.2) is 90.5 Å². The molecule has 0 spiro atoms. The monoisotopic (exact) mass is 808 g/mol. The fraction of sp³-hybridized carbons (Fsp3) is 0.468. The summed E-state index contributed by atoms with van der Waals surface area (Å²) < 4.78 is 28.0. The van der Waals surface area contributed by atoms with Crippen molar-refractivity contribution >= 4 is 45.9 Å². The van der Waals surface area contributed by atoms with E-state index in [1.165, 1.54) is 12.2 Å². The number of esters is 2. The second-order valence-electron chi connectivity index (χ2n) is 17.3. The van der Waals surface area contributed by atoms with Crippen molar-refractivity contribution in [2.45, 2.75) is 89.0 Å². The maximum atomic E-state index is 17.4. The molecule has 0 radical (unpaired) electrons. The molecule has 0 aromatic heterocycles. The fourth-order valence-electron chi connectivity index (χ4n) is 10.8. The summed E-state index contributed by atoms with van der Waals surface area (Å²) in [7, 11) is 0. The molecule has 0 unspecified atom stereocenters. The van der Waals surface area contributed by atoms with Crippen LogP contribution in [0.1, 0.15) is 76.3 Å². The number of anilines is 1. The number of halogens is 1. The Labute approximate surface area is 343 Å². The number of aliphatic hydroxyl groups is 2. The fourth-order valence-corrected chi connectivity index (χ4v) is 10.8. The van der Waals surface area contributed by atoms with E-state index in [1.807, 2.05) is 66.7 Å². The highest BCUT2D eigenvalue weighted by Crippen LogP contribution is 2.70. The van der Waals surface area contributed by atoms with E-state index in [4.69, 9.17) is 15.2 Å². The molecular weight excluding hydrogens is 756 g/mol. The van der Waals surface area contributed by atoms with Crippen LogP contribution in [0.3, 0.4) is 0 Å². The van der Waals surface area contributed by atoms with Crippen molar-refractivity contribution in [3.8, 4) is 0 Å². The Morgan fingerprint density at radius 2 is 1.66 bits per heavy atom. The van der Waals surface area contributed by atoms with Gasteiger partial charge in [0.2, 0.25) is 11.7 Å². The average molecular weight is 809 g/mol. The summed E-state index contributed by atoms with van der Waals surface area (Å²) in [5.74, 6) is -4.93. The first-order chi connectivity index (χ1) is 28.0. The average Bonchev–Trinajstić information content (AvgIpc) is 3.42. The molecule has 3 aromatic rings. The third kappa shape index (κ3) is 7.33. The quantitative estimate of drug-likeness (QED) is 0.153. The summed E-state index contributed by atoms with van der Waals surface area (Å²) in [6, 6.07) is 20.9. The number of allylic oxidation sites excluding steroid dienone is 4. The van der Waals surface area contributed by atoms with Crippen LogP contribution < -0.4 is 11.1 Å². The van der Waals surface area contributed by atoms with Gasteiger partial charge in [-0.2, -0.15) is 0 Å². The Bertz CT molecular complexity index is 2220. The number of benzene rings is 3. The second kappa shape index (κ2) is 16.2. The molecule has 4 aliphatic carbocycles. The lowest BCUT2D eigenvalue weighted by Crippen LogP contribution is -2.69. The van der Waals surface area contributed by atoms with Gasteiger partial charge in [0, 0.05) is 35.4 Å². The molecule has 7 rings (SSSR count). The number of aliphatic hydroxyl groups excluding tert-OH is 1.